The van der Waals surface area contributed by atoms with Gasteiger partial charge in [-0.3, -0.25) is 4.57 Å². The Hall–Kier alpha value is -8.08. The molecule has 0 saturated heterocycles. The van der Waals surface area contributed by atoms with E-state index in [2.05, 4.69) is 197 Å². The SMILES string of the molecule is C=C(C(=C)c1ccccc1-c1cc2ccccc2n1-c1ccc2ccccc2c1)c1ccccc1-c1cn(-c2nc(-c3ccccc3)c3ccccc3n2)c2ccccc12. The molecule has 4 heteroatoms. The average Bonchev–Trinajstić information content (AvgIpc) is 3.90. The van der Waals surface area contributed by atoms with Gasteiger partial charge in [0.1, 0.15) is 0 Å². The van der Waals surface area contributed by atoms with Crippen LogP contribution in [0.3, 0.4) is 0 Å². The first-order valence-corrected chi connectivity index (χ1v) is 20.2. The molecule has 0 radical (unpaired) electrons. The first-order valence-electron chi connectivity index (χ1n) is 20.2. The van der Waals surface area contributed by atoms with Gasteiger partial charge in [-0.15, -0.1) is 0 Å². The first-order chi connectivity index (χ1) is 29.6. The molecule has 0 fully saturated rings. The Bertz CT molecular complexity index is 3480. The summed E-state index contributed by atoms with van der Waals surface area (Å²) >= 11 is 0. The molecular weight excluding hydrogens is 729 g/mol. The van der Waals surface area contributed by atoms with Gasteiger partial charge < -0.3 is 4.57 Å². The second kappa shape index (κ2) is 14.4. The molecule has 3 aromatic heterocycles. The summed E-state index contributed by atoms with van der Waals surface area (Å²) < 4.78 is 4.50. The molecular formula is C56H38N4. The normalized spacial score (nSPS) is 11.5. The molecule has 11 rings (SSSR count). The topological polar surface area (TPSA) is 35.6 Å². The van der Waals surface area contributed by atoms with E-state index in [0.717, 1.165) is 88.9 Å². The third-order valence-corrected chi connectivity index (χ3v) is 11.7. The van der Waals surface area contributed by atoms with Crippen LogP contribution >= 0.6 is 0 Å². The highest BCUT2D eigenvalue weighted by molar-refractivity contribution is 6.11. The lowest BCUT2D eigenvalue weighted by molar-refractivity contribution is 0.985. The van der Waals surface area contributed by atoms with Crippen LogP contribution < -0.4 is 0 Å². The number of para-hydroxylation sites is 3. The summed E-state index contributed by atoms with van der Waals surface area (Å²) in [5.41, 5.74) is 14.2. The lowest BCUT2D eigenvalue weighted by Crippen LogP contribution is -2.02. The van der Waals surface area contributed by atoms with Crippen LogP contribution in [0.15, 0.2) is 220 Å². The summed E-state index contributed by atoms with van der Waals surface area (Å²) in [7, 11) is 0. The summed E-state index contributed by atoms with van der Waals surface area (Å²) in [6, 6.07) is 70.2. The van der Waals surface area contributed by atoms with Gasteiger partial charge in [0.2, 0.25) is 5.95 Å². The van der Waals surface area contributed by atoms with Crippen LogP contribution in [-0.4, -0.2) is 19.1 Å². The number of benzene rings is 8. The van der Waals surface area contributed by atoms with Crippen molar-refractivity contribution in [2.75, 3.05) is 0 Å². The zero-order valence-electron chi connectivity index (χ0n) is 32.8. The van der Waals surface area contributed by atoms with Gasteiger partial charge in [-0.25, -0.2) is 9.97 Å². The molecule has 0 saturated carbocycles. The van der Waals surface area contributed by atoms with Crippen molar-refractivity contribution >= 4 is 54.6 Å². The van der Waals surface area contributed by atoms with Crippen LogP contribution in [0, 0.1) is 0 Å². The molecule has 0 atom stereocenters. The lowest BCUT2D eigenvalue weighted by Gasteiger charge is -2.19. The Morgan fingerprint density at radius 1 is 0.433 bits per heavy atom. The second-order valence-corrected chi connectivity index (χ2v) is 15.2. The molecule has 60 heavy (non-hydrogen) atoms. The van der Waals surface area contributed by atoms with Gasteiger partial charge in [0.05, 0.1) is 27.9 Å². The monoisotopic (exact) mass is 766 g/mol. The van der Waals surface area contributed by atoms with Crippen LogP contribution in [0.1, 0.15) is 11.1 Å². The summed E-state index contributed by atoms with van der Waals surface area (Å²) in [6.07, 6.45) is 2.17. The van der Waals surface area contributed by atoms with Crippen LogP contribution in [0.2, 0.25) is 0 Å². The third kappa shape index (κ3) is 5.85. The van der Waals surface area contributed by atoms with E-state index in [9.17, 15) is 0 Å². The number of fused-ring (bicyclic) bond motifs is 4. The Morgan fingerprint density at radius 3 is 1.83 bits per heavy atom. The van der Waals surface area contributed by atoms with E-state index in [4.69, 9.17) is 23.1 Å². The largest absolute Gasteiger partial charge is 0.309 e. The van der Waals surface area contributed by atoms with Gasteiger partial charge in [-0.05, 0) is 75.0 Å². The number of nitrogens with zero attached hydrogens (tertiary/aromatic N) is 4. The van der Waals surface area contributed by atoms with Crippen molar-refractivity contribution in [1.29, 1.82) is 0 Å². The number of rotatable bonds is 8. The van der Waals surface area contributed by atoms with Crippen LogP contribution in [0.4, 0.5) is 0 Å². The first kappa shape index (κ1) is 35.1. The highest BCUT2D eigenvalue weighted by Crippen LogP contribution is 2.43. The maximum Gasteiger partial charge on any atom is 0.235 e. The van der Waals surface area contributed by atoms with Crippen LogP contribution in [0.25, 0.3) is 99.9 Å². The van der Waals surface area contributed by atoms with E-state index < -0.39 is 0 Å². The van der Waals surface area contributed by atoms with E-state index in [1.165, 1.54) is 16.2 Å². The summed E-state index contributed by atoms with van der Waals surface area (Å²) in [5.74, 6) is 0.617. The summed E-state index contributed by atoms with van der Waals surface area (Å²) in [6.45, 7) is 9.53. The van der Waals surface area contributed by atoms with Gasteiger partial charge in [-0.2, -0.15) is 0 Å². The maximum atomic E-state index is 5.24. The van der Waals surface area contributed by atoms with Crippen molar-refractivity contribution in [3.8, 4) is 45.3 Å². The Kier molecular flexibility index (Phi) is 8.42. The Balaban J connectivity index is 1.03. The molecule has 0 spiro atoms. The molecule has 282 valence electrons. The smallest absolute Gasteiger partial charge is 0.235 e. The van der Waals surface area contributed by atoms with Crippen molar-refractivity contribution in [3.63, 3.8) is 0 Å². The Morgan fingerprint density at radius 2 is 1.03 bits per heavy atom. The molecule has 0 N–H and O–H groups in total. The third-order valence-electron chi connectivity index (χ3n) is 11.7. The molecule has 0 aliphatic rings. The zero-order valence-corrected chi connectivity index (χ0v) is 32.8. The molecule has 3 heterocycles. The second-order valence-electron chi connectivity index (χ2n) is 15.2. The molecule has 0 aliphatic heterocycles. The molecule has 4 nitrogen and oxygen atoms in total. The molecule has 0 aliphatic carbocycles. The summed E-state index contributed by atoms with van der Waals surface area (Å²) in [5, 5.41) is 5.70. The minimum absolute atomic E-state index is 0.617. The lowest BCUT2D eigenvalue weighted by atomic mass is 9.87. The fraction of sp³-hybridized carbons (Fsp3) is 0. The fourth-order valence-corrected chi connectivity index (χ4v) is 8.77. The fourth-order valence-electron chi connectivity index (χ4n) is 8.77. The standard InChI is InChI=1S/C56H38N4/c1-37(38(2)45-24-10-12-26-47(45)54-35-42-22-8-16-30-52(42)60(54)43-33-32-39-18-6-7-21-41(39)34-43)44-23-9-11-25-46(44)50-36-59(53-31-17-14-27-48(50)53)56-57-51-29-15-13-28-49(51)55(58-56)40-19-4-3-5-20-40/h3-36H,1-2H2. The van der Waals surface area contributed by atoms with E-state index in [1.807, 2.05) is 18.2 Å². The van der Waals surface area contributed by atoms with Crippen LogP contribution in [0.5, 0.6) is 0 Å². The van der Waals surface area contributed by atoms with Gasteiger partial charge >= 0.3 is 0 Å². The van der Waals surface area contributed by atoms with Gasteiger partial charge in [-0.1, -0.05) is 177 Å². The van der Waals surface area contributed by atoms with E-state index in [0.29, 0.717) is 5.95 Å². The van der Waals surface area contributed by atoms with E-state index in [-0.39, 0.29) is 0 Å². The molecule has 11 aromatic rings. The summed E-state index contributed by atoms with van der Waals surface area (Å²) in [4.78, 5) is 10.4. The number of hydrogen-bond acceptors (Lipinski definition) is 2. The van der Waals surface area contributed by atoms with Gasteiger partial charge in [0, 0.05) is 44.7 Å². The van der Waals surface area contributed by atoms with E-state index in [1.54, 1.807) is 0 Å². The minimum atomic E-state index is 0.617. The molecule has 0 unspecified atom stereocenters. The van der Waals surface area contributed by atoms with Gasteiger partial charge in [0.25, 0.3) is 0 Å². The number of allylic oxidation sites excluding steroid dienone is 2. The predicted octanol–water partition coefficient (Wildman–Crippen LogP) is 14.4. The van der Waals surface area contributed by atoms with E-state index >= 15 is 0 Å². The van der Waals surface area contributed by atoms with Crippen molar-refractivity contribution in [1.82, 2.24) is 19.1 Å². The number of hydrogen-bond donors (Lipinski definition) is 0. The molecule has 8 aromatic carbocycles. The quantitative estimate of drug-likeness (QED) is 0.144. The number of aromatic nitrogens is 4. The van der Waals surface area contributed by atoms with Gasteiger partial charge in [0.15, 0.2) is 0 Å². The highest BCUT2D eigenvalue weighted by Gasteiger charge is 2.22. The van der Waals surface area contributed by atoms with Crippen molar-refractivity contribution in [3.05, 3.63) is 231 Å². The van der Waals surface area contributed by atoms with Crippen LogP contribution in [-0.2, 0) is 0 Å². The zero-order chi connectivity index (χ0) is 40.2. The van der Waals surface area contributed by atoms with Crippen molar-refractivity contribution in [2.24, 2.45) is 0 Å². The predicted molar refractivity (Wildman–Crippen MR) is 252 cm³/mol. The molecule has 0 amide bonds. The Labute approximate surface area is 348 Å². The average molecular weight is 767 g/mol. The minimum Gasteiger partial charge on any atom is -0.309 e. The van der Waals surface area contributed by atoms with Crippen molar-refractivity contribution < 1.29 is 0 Å². The maximum absolute atomic E-state index is 5.24. The highest BCUT2D eigenvalue weighted by atomic mass is 15.1. The molecule has 0 bridgehead atoms. The van der Waals surface area contributed by atoms with Crippen molar-refractivity contribution in [2.45, 2.75) is 0 Å².